The average Bonchev–Trinajstić information content (AvgIpc) is 2.46. The number of rotatable bonds is 7. The molecule has 21 heavy (non-hydrogen) atoms. The van der Waals surface area contributed by atoms with Crippen LogP contribution in [0.3, 0.4) is 0 Å². The summed E-state index contributed by atoms with van der Waals surface area (Å²) >= 11 is 0. The summed E-state index contributed by atoms with van der Waals surface area (Å²) in [6.45, 7) is 12.4. The number of piperazine rings is 1. The molecule has 0 unspecified atom stereocenters. The van der Waals surface area contributed by atoms with Crippen LogP contribution in [0, 0.1) is 5.92 Å². The molecule has 4 nitrogen and oxygen atoms in total. The van der Waals surface area contributed by atoms with Gasteiger partial charge in [-0.2, -0.15) is 0 Å². The second-order valence-corrected chi connectivity index (χ2v) is 6.28. The molecular formula is C17H29N3O. The minimum Gasteiger partial charge on any atom is -0.491 e. The summed E-state index contributed by atoms with van der Waals surface area (Å²) in [4.78, 5) is 5.11. The Morgan fingerprint density at radius 3 is 2.43 bits per heavy atom. The van der Waals surface area contributed by atoms with Crippen LogP contribution in [-0.4, -0.2) is 55.7 Å². The van der Waals surface area contributed by atoms with Crippen LogP contribution in [0.4, 0.5) is 5.69 Å². The van der Waals surface area contributed by atoms with E-state index >= 15 is 0 Å². The maximum absolute atomic E-state index is 5.86. The molecule has 0 spiro atoms. The van der Waals surface area contributed by atoms with E-state index in [1.165, 1.54) is 32.7 Å². The van der Waals surface area contributed by atoms with E-state index in [-0.39, 0.29) is 0 Å². The first-order valence-electron chi connectivity index (χ1n) is 8.07. The fraction of sp³-hybridized carbons (Fsp3) is 0.647. The topological polar surface area (TPSA) is 41.7 Å². The molecular weight excluding hydrogens is 262 g/mol. The van der Waals surface area contributed by atoms with Crippen molar-refractivity contribution in [3.05, 3.63) is 24.3 Å². The van der Waals surface area contributed by atoms with E-state index < -0.39 is 0 Å². The maximum atomic E-state index is 5.86. The number of nitrogens with two attached hydrogens (primary N) is 1. The molecule has 1 aromatic rings. The van der Waals surface area contributed by atoms with E-state index in [9.17, 15) is 0 Å². The van der Waals surface area contributed by atoms with Gasteiger partial charge in [-0.1, -0.05) is 26.0 Å². The van der Waals surface area contributed by atoms with Crippen LogP contribution < -0.4 is 10.5 Å². The molecule has 1 aromatic carbocycles. The van der Waals surface area contributed by atoms with E-state index in [1.54, 1.807) is 0 Å². The Labute approximate surface area is 128 Å². The molecule has 118 valence electrons. The van der Waals surface area contributed by atoms with E-state index in [4.69, 9.17) is 10.5 Å². The number of nitrogen functional groups attached to an aromatic ring is 1. The van der Waals surface area contributed by atoms with Crippen LogP contribution >= 0.6 is 0 Å². The Balaban J connectivity index is 1.59. The molecule has 4 heteroatoms. The van der Waals surface area contributed by atoms with Gasteiger partial charge in [-0.15, -0.1) is 0 Å². The monoisotopic (exact) mass is 291 g/mol. The van der Waals surface area contributed by atoms with Gasteiger partial charge in [0.05, 0.1) is 12.3 Å². The predicted octanol–water partition coefficient (Wildman–Crippen LogP) is 2.31. The van der Waals surface area contributed by atoms with Gasteiger partial charge in [-0.25, -0.2) is 0 Å². The third-order valence-corrected chi connectivity index (χ3v) is 3.88. The van der Waals surface area contributed by atoms with Crippen molar-refractivity contribution in [3.63, 3.8) is 0 Å². The second-order valence-electron chi connectivity index (χ2n) is 6.28. The molecule has 0 aromatic heterocycles. The Kier molecular flexibility index (Phi) is 6.33. The number of hydrogen-bond donors (Lipinski definition) is 1. The van der Waals surface area contributed by atoms with Crippen molar-refractivity contribution in [2.45, 2.75) is 20.3 Å². The van der Waals surface area contributed by atoms with Gasteiger partial charge in [-0.3, -0.25) is 0 Å². The quantitative estimate of drug-likeness (QED) is 0.618. The SMILES string of the molecule is CC(C)CN1CCN(CCCOc2ccccc2N)CC1. The van der Waals surface area contributed by atoms with E-state index in [0.717, 1.165) is 36.9 Å². The molecule has 0 atom stereocenters. The average molecular weight is 291 g/mol. The van der Waals surface area contributed by atoms with Crippen molar-refractivity contribution >= 4 is 5.69 Å². The van der Waals surface area contributed by atoms with Crippen molar-refractivity contribution in [1.82, 2.24) is 9.80 Å². The molecule has 1 fully saturated rings. The van der Waals surface area contributed by atoms with Crippen LogP contribution in [0.1, 0.15) is 20.3 Å². The lowest BCUT2D eigenvalue weighted by Crippen LogP contribution is -2.47. The first-order chi connectivity index (χ1) is 10.1. The third kappa shape index (κ3) is 5.56. The number of hydrogen-bond acceptors (Lipinski definition) is 4. The summed E-state index contributed by atoms with van der Waals surface area (Å²) < 4.78 is 5.74. The summed E-state index contributed by atoms with van der Waals surface area (Å²) in [5.41, 5.74) is 6.58. The van der Waals surface area contributed by atoms with Crippen molar-refractivity contribution < 1.29 is 4.74 Å². The summed E-state index contributed by atoms with van der Waals surface area (Å²) in [6, 6.07) is 7.70. The fourth-order valence-electron chi connectivity index (χ4n) is 2.79. The predicted molar refractivity (Wildman–Crippen MR) is 88.7 cm³/mol. The fourth-order valence-corrected chi connectivity index (χ4v) is 2.79. The lowest BCUT2D eigenvalue weighted by Gasteiger charge is -2.35. The largest absolute Gasteiger partial charge is 0.491 e. The Hall–Kier alpha value is -1.26. The van der Waals surface area contributed by atoms with Crippen LogP contribution in [0.5, 0.6) is 5.75 Å². The van der Waals surface area contributed by atoms with Gasteiger partial charge < -0.3 is 20.3 Å². The van der Waals surface area contributed by atoms with Crippen LogP contribution in [0.25, 0.3) is 0 Å². The van der Waals surface area contributed by atoms with Gasteiger partial charge in [0, 0.05) is 39.3 Å². The summed E-state index contributed by atoms with van der Waals surface area (Å²) in [6.07, 6.45) is 1.05. The highest BCUT2D eigenvalue weighted by Gasteiger charge is 2.16. The zero-order valence-corrected chi connectivity index (χ0v) is 13.4. The van der Waals surface area contributed by atoms with Gasteiger partial charge in [0.25, 0.3) is 0 Å². The van der Waals surface area contributed by atoms with Crippen molar-refractivity contribution in [1.29, 1.82) is 0 Å². The molecule has 0 aliphatic carbocycles. The number of anilines is 1. The van der Waals surface area contributed by atoms with Crippen LogP contribution in [-0.2, 0) is 0 Å². The molecule has 1 aliphatic heterocycles. The van der Waals surface area contributed by atoms with Gasteiger partial charge in [-0.05, 0) is 24.5 Å². The maximum Gasteiger partial charge on any atom is 0.142 e. The van der Waals surface area contributed by atoms with Crippen LogP contribution in [0.2, 0.25) is 0 Å². The minimum absolute atomic E-state index is 0.722. The molecule has 1 saturated heterocycles. The Morgan fingerprint density at radius 1 is 1.10 bits per heavy atom. The summed E-state index contributed by atoms with van der Waals surface area (Å²) in [7, 11) is 0. The molecule has 1 heterocycles. The van der Waals surface area contributed by atoms with Crippen molar-refractivity contribution in [2.24, 2.45) is 5.92 Å². The molecule has 1 aliphatic rings. The highest BCUT2D eigenvalue weighted by molar-refractivity contribution is 5.51. The second kappa shape index (κ2) is 8.25. The zero-order chi connectivity index (χ0) is 15.1. The number of nitrogens with zero attached hydrogens (tertiary/aromatic N) is 2. The molecule has 0 radical (unpaired) electrons. The Bertz CT molecular complexity index is 414. The normalized spacial score (nSPS) is 17.3. The minimum atomic E-state index is 0.722. The zero-order valence-electron chi connectivity index (χ0n) is 13.4. The van der Waals surface area contributed by atoms with Crippen LogP contribution in [0.15, 0.2) is 24.3 Å². The number of benzene rings is 1. The molecule has 2 rings (SSSR count). The highest BCUT2D eigenvalue weighted by Crippen LogP contribution is 2.19. The van der Waals surface area contributed by atoms with Crippen molar-refractivity contribution in [2.75, 3.05) is 51.6 Å². The highest BCUT2D eigenvalue weighted by atomic mass is 16.5. The van der Waals surface area contributed by atoms with Gasteiger partial charge in [0.2, 0.25) is 0 Å². The van der Waals surface area contributed by atoms with Gasteiger partial charge in [0.15, 0.2) is 0 Å². The number of ether oxygens (including phenoxy) is 1. The smallest absolute Gasteiger partial charge is 0.142 e. The van der Waals surface area contributed by atoms with E-state index in [2.05, 4.69) is 23.6 Å². The summed E-state index contributed by atoms with van der Waals surface area (Å²) in [5, 5.41) is 0. The first-order valence-corrected chi connectivity index (χ1v) is 8.07. The Morgan fingerprint density at radius 2 is 1.76 bits per heavy atom. The van der Waals surface area contributed by atoms with Crippen molar-refractivity contribution in [3.8, 4) is 5.75 Å². The summed E-state index contributed by atoms with van der Waals surface area (Å²) in [5.74, 6) is 1.57. The molecule has 0 bridgehead atoms. The molecule has 2 N–H and O–H groups in total. The van der Waals surface area contributed by atoms with E-state index in [0.29, 0.717) is 0 Å². The van der Waals surface area contributed by atoms with E-state index in [1.807, 2.05) is 24.3 Å². The lowest BCUT2D eigenvalue weighted by molar-refractivity contribution is 0.117. The molecule has 0 amide bonds. The van der Waals surface area contributed by atoms with Gasteiger partial charge >= 0.3 is 0 Å². The van der Waals surface area contributed by atoms with Gasteiger partial charge in [0.1, 0.15) is 5.75 Å². The number of para-hydroxylation sites is 2. The lowest BCUT2D eigenvalue weighted by atomic mass is 10.2. The molecule has 0 saturated carbocycles. The standard InChI is InChI=1S/C17H29N3O/c1-15(2)14-20-11-9-19(10-12-20)8-5-13-21-17-7-4-3-6-16(17)18/h3-4,6-7,15H,5,8-14,18H2,1-2H3. The third-order valence-electron chi connectivity index (χ3n) is 3.88. The first kappa shape index (κ1) is 16.1.